The smallest absolute Gasteiger partial charge is 0.265 e. The number of hydrogen-bond donors (Lipinski definition) is 0. The van der Waals surface area contributed by atoms with Crippen LogP contribution in [0.2, 0.25) is 0 Å². The molecule has 0 amide bonds. The molecule has 0 unspecified atom stereocenters. The molecule has 0 saturated carbocycles. The average Bonchev–Trinajstić information content (AvgIpc) is 1.38. The molecule has 0 radical (unpaired) electrons. The zero-order valence-corrected chi connectivity index (χ0v) is 6.06. The highest BCUT2D eigenvalue weighted by Gasteiger charge is 1.83. The van der Waals surface area contributed by atoms with Crippen LogP contribution in [0.1, 0.15) is 0 Å². The average molecular weight is 220 g/mol. The van der Waals surface area contributed by atoms with E-state index in [1.807, 2.05) is 0 Å². The lowest BCUT2D eigenvalue weighted by molar-refractivity contribution is 0.277. The van der Waals surface area contributed by atoms with Crippen molar-refractivity contribution in [1.29, 1.82) is 0 Å². The Morgan fingerprint density at radius 1 is 1.80 bits per heavy atom. The Morgan fingerprint density at radius 3 is 2.00 bits per heavy atom. The van der Waals surface area contributed by atoms with Gasteiger partial charge in [-0.15, -0.1) is 0 Å². The summed E-state index contributed by atoms with van der Waals surface area (Å²) in [6.07, 6.45) is 0. The molecule has 0 aliphatic carbocycles. The van der Waals surface area contributed by atoms with Crippen LogP contribution in [-0.4, -0.2) is 4.02 Å². The number of carbonyl (C=O) groups is 1. The SMILES string of the molecule is O=C(Br)SBr. The highest BCUT2D eigenvalue weighted by Crippen LogP contribution is 2.15. The van der Waals surface area contributed by atoms with Gasteiger partial charge in [-0.25, -0.2) is 0 Å². The van der Waals surface area contributed by atoms with Crippen molar-refractivity contribution in [2.75, 3.05) is 0 Å². The number of rotatable bonds is 0. The lowest BCUT2D eigenvalue weighted by Gasteiger charge is -1.65. The molecule has 0 aliphatic rings. The van der Waals surface area contributed by atoms with Crippen LogP contribution in [0.25, 0.3) is 0 Å². The Balaban J connectivity index is 2.85. The highest BCUT2D eigenvalue weighted by molar-refractivity contribution is 9.55. The molecular formula is CBr2OS. The van der Waals surface area contributed by atoms with E-state index < -0.39 is 0 Å². The first-order valence-corrected chi connectivity index (χ1v) is 4.20. The second-order valence-corrected chi connectivity index (χ2v) is 3.06. The van der Waals surface area contributed by atoms with E-state index in [2.05, 4.69) is 30.7 Å². The van der Waals surface area contributed by atoms with Crippen LogP contribution >= 0.6 is 40.9 Å². The van der Waals surface area contributed by atoms with Gasteiger partial charge in [-0.05, 0) is 14.8 Å². The molecule has 30 valence electrons. The van der Waals surface area contributed by atoms with Gasteiger partial charge in [0.05, 0.1) is 0 Å². The van der Waals surface area contributed by atoms with Gasteiger partial charge in [-0.1, -0.05) is 0 Å². The van der Waals surface area contributed by atoms with Crippen LogP contribution in [0.4, 0.5) is 4.79 Å². The van der Waals surface area contributed by atoms with Crippen LogP contribution in [0, 0.1) is 0 Å². The minimum atomic E-state index is -0.0995. The van der Waals surface area contributed by atoms with E-state index >= 15 is 0 Å². The molecule has 0 saturated heterocycles. The molecule has 0 rings (SSSR count). The molecule has 0 aromatic carbocycles. The minimum Gasteiger partial charge on any atom is -0.273 e. The van der Waals surface area contributed by atoms with Crippen molar-refractivity contribution in [2.45, 2.75) is 0 Å². The lowest BCUT2D eigenvalue weighted by Crippen LogP contribution is -1.52. The Bertz CT molecular complexity index is 44.9. The fourth-order valence-electron chi connectivity index (χ4n) is 0. The monoisotopic (exact) mass is 218 g/mol. The molecule has 0 aromatic heterocycles. The first-order valence-electron chi connectivity index (χ1n) is 0.752. The Labute approximate surface area is 49.8 Å². The molecule has 1 nitrogen and oxygen atoms in total. The van der Waals surface area contributed by atoms with E-state index in [-0.39, 0.29) is 4.02 Å². The van der Waals surface area contributed by atoms with Gasteiger partial charge in [0.25, 0.3) is 4.02 Å². The molecule has 0 atom stereocenters. The van der Waals surface area contributed by atoms with E-state index in [9.17, 15) is 4.79 Å². The fraction of sp³-hybridized carbons (Fsp3) is 0. The maximum atomic E-state index is 9.65. The molecule has 4 heteroatoms. The van der Waals surface area contributed by atoms with E-state index in [1.165, 1.54) is 0 Å². The summed E-state index contributed by atoms with van der Waals surface area (Å²) in [5, 5.41) is 0. The van der Waals surface area contributed by atoms with Gasteiger partial charge in [0.2, 0.25) is 0 Å². The quantitative estimate of drug-likeness (QED) is 0.583. The first-order chi connectivity index (χ1) is 2.27. The van der Waals surface area contributed by atoms with Crippen LogP contribution in [0.15, 0.2) is 0 Å². The Kier molecular flexibility index (Phi) is 3.80. The van der Waals surface area contributed by atoms with Gasteiger partial charge in [0, 0.05) is 26.1 Å². The van der Waals surface area contributed by atoms with Gasteiger partial charge in [0.15, 0.2) is 0 Å². The molecule has 0 spiro atoms. The predicted molar refractivity (Wildman–Crippen MR) is 30.8 cm³/mol. The minimum absolute atomic E-state index is 0.0995. The van der Waals surface area contributed by atoms with Crippen LogP contribution in [-0.2, 0) is 0 Å². The summed E-state index contributed by atoms with van der Waals surface area (Å²) in [4.78, 5) is 9.65. The second kappa shape index (κ2) is 3.18. The fourth-order valence-corrected chi connectivity index (χ4v) is 0. The van der Waals surface area contributed by atoms with Gasteiger partial charge < -0.3 is 0 Å². The normalized spacial score (nSPS) is 7.60. The molecular weight excluding hydrogens is 220 g/mol. The van der Waals surface area contributed by atoms with E-state index in [0.29, 0.717) is 0 Å². The lowest BCUT2D eigenvalue weighted by atomic mass is 11.8. The maximum absolute atomic E-state index is 9.65. The Morgan fingerprint density at radius 2 is 2.00 bits per heavy atom. The van der Waals surface area contributed by atoms with Crippen molar-refractivity contribution in [3.63, 3.8) is 0 Å². The first kappa shape index (κ1) is 5.98. The summed E-state index contributed by atoms with van der Waals surface area (Å²) >= 11 is 5.48. The summed E-state index contributed by atoms with van der Waals surface area (Å²) in [6.45, 7) is 0. The van der Waals surface area contributed by atoms with Crippen molar-refractivity contribution >= 4 is 45.0 Å². The van der Waals surface area contributed by atoms with Crippen molar-refractivity contribution in [2.24, 2.45) is 0 Å². The summed E-state index contributed by atoms with van der Waals surface area (Å²) in [6, 6.07) is 0. The van der Waals surface area contributed by atoms with E-state index in [0.717, 1.165) is 10.2 Å². The van der Waals surface area contributed by atoms with Crippen LogP contribution < -0.4 is 0 Å². The summed E-state index contributed by atoms with van der Waals surface area (Å²) in [5.74, 6) is 0. The number of hydrogen-bond acceptors (Lipinski definition) is 2. The van der Waals surface area contributed by atoms with E-state index in [1.54, 1.807) is 0 Å². The van der Waals surface area contributed by atoms with Crippen LogP contribution in [0.5, 0.6) is 0 Å². The molecule has 0 aromatic rings. The zero-order chi connectivity index (χ0) is 4.28. The highest BCUT2D eigenvalue weighted by atomic mass is 79.9. The molecule has 0 aliphatic heterocycles. The standard InChI is InChI=1S/CBr2OS/c2-1(4)5-3. The maximum Gasteiger partial charge on any atom is 0.265 e. The van der Waals surface area contributed by atoms with Gasteiger partial charge in [0.1, 0.15) is 0 Å². The third-order valence-corrected chi connectivity index (χ3v) is 2.85. The molecule has 0 heterocycles. The molecule has 0 fully saturated rings. The topological polar surface area (TPSA) is 17.1 Å². The predicted octanol–water partition coefficient (Wildman–Crippen LogP) is 2.54. The zero-order valence-electron chi connectivity index (χ0n) is 2.07. The molecule has 0 N–H and O–H groups in total. The number of halogens is 2. The summed E-state index contributed by atoms with van der Waals surface area (Å²) < 4.78 is -0.0995. The van der Waals surface area contributed by atoms with Crippen molar-refractivity contribution in [1.82, 2.24) is 0 Å². The largest absolute Gasteiger partial charge is 0.273 e. The summed E-state index contributed by atoms with van der Waals surface area (Å²) in [5.41, 5.74) is 0. The second-order valence-electron chi connectivity index (χ2n) is 0.315. The van der Waals surface area contributed by atoms with Crippen molar-refractivity contribution in [3.8, 4) is 0 Å². The van der Waals surface area contributed by atoms with Crippen molar-refractivity contribution < 1.29 is 4.79 Å². The number of carbonyl (C=O) groups excluding carboxylic acids is 1. The van der Waals surface area contributed by atoms with Crippen LogP contribution in [0.3, 0.4) is 0 Å². The molecule has 5 heavy (non-hydrogen) atoms. The summed E-state index contributed by atoms with van der Waals surface area (Å²) in [7, 11) is 0.970. The van der Waals surface area contributed by atoms with Gasteiger partial charge in [-0.3, -0.25) is 4.79 Å². The van der Waals surface area contributed by atoms with E-state index in [4.69, 9.17) is 0 Å². The van der Waals surface area contributed by atoms with Gasteiger partial charge >= 0.3 is 0 Å². The Hall–Kier alpha value is 0.980. The van der Waals surface area contributed by atoms with Crippen molar-refractivity contribution in [3.05, 3.63) is 0 Å². The molecule has 0 bridgehead atoms. The third kappa shape index (κ3) is 4.98. The third-order valence-electron chi connectivity index (χ3n) is 0.0607. The van der Waals surface area contributed by atoms with Gasteiger partial charge in [-0.2, -0.15) is 0 Å².